The maximum atomic E-state index is 12.7. The summed E-state index contributed by atoms with van der Waals surface area (Å²) < 4.78 is 5.40. The predicted molar refractivity (Wildman–Crippen MR) is 96.4 cm³/mol. The lowest BCUT2D eigenvalue weighted by Gasteiger charge is -2.24. The van der Waals surface area contributed by atoms with E-state index >= 15 is 0 Å². The van der Waals surface area contributed by atoms with Crippen molar-refractivity contribution in [3.63, 3.8) is 0 Å². The first-order chi connectivity index (χ1) is 12.2. The highest BCUT2D eigenvalue weighted by Gasteiger charge is 2.34. The standard InChI is InChI=1S/C20H21NO3S/c22-18(12-16-14-8-3-4-9-15(14)20(23)24-16)21-19(13-6-1-2-7-13)17-10-5-11-25-17/h3-5,8-11,13,16,19H,1-2,6-7,12H2,(H,21,22)/t16-,19-/m1/s1. The lowest BCUT2D eigenvalue weighted by molar-refractivity contribution is -0.124. The van der Waals surface area contributed by atoms with E-state index in [1.807, 2.05) is 24.3 Å². The Morgan fingerprint density at radius 1 is 1.20 bits per heavy atom. The van der Waals surface area contributed by atoms with Crippen LogP contribution in [0.3, 0.4) is 0 Å². The number of amides is 1. The van der Waals surface area contributed by atoms with Crippen LogP contribution in [0, 0.1) is 5.92 Å². The van der Waals surface area contributed by atoms with Gasteiger partial charge >= 0.3 is 5.97 Å². The molecule has 0 spiro atoms. The minimum absolute atomic E-state index is 0.0557. The number of rotatable bonds is 5. The molecule has 2 aromatic rings. The molecule has 4 nitrogen and oxygen atoms in total. The van der Waals surface area contributed by atoms with Gasteiger partial charge in [-0.3, -0.25) is 4.79 Å². The van der Waals surface area contributed by atoms with E-state index < -0.39 is 6.10 Å². The Labute approximate surface area is 151 Å². The monoisotopic (exact) mass is 355 g/mol. The van der Waals surface area contributed by atoms with Gasteiger partial charge in [0.1, 0.15) is 6.10 Å². The number of hydrogen-bond acceptors (Lipinski definition) is 4. The Kier molecular flexibility index (Phi) is 4.57. The molecule has 1 aromatic heterocycles. The Hall–Kier alpha value is -2.14. The molecule has 0 unspecified atom stereocenters. The van der Waals surface area contributed by atoms with Crippen molar-refractivity contribution in [2.24, 2.45) is 5.92 Å². The molecule has 0 radical (unpaired) electrons. The van der Waals surface area contributed by atoms with Crippen LogP contribution in [0.2, 0.25) is 0 Å². The lowest BCUT2D eigenvalue weighted by Crippen LogP contribution is -2.33. The predicted octanol–water partition coefficient (Wildman–Crippen LogP) is 4.40. The van der Waals surface area contributed by atoms with Gasteiger partial charge in [-0.15, -0.1) is 11.3 Å². The highest BCUT2D eigenvalue weighted by atomic mass is 32.1. The van der Waals surface area contributed by atoms with E-state index in [9.17, 15) is 9.59 Å². The number of benzene rings is 1. The molecule has 2 heterocycles. The summed E-state index contributed by atoms with van der Waals surface area (Å²) in [5, 5.41) is 5.27. The number of fused-ring (bicyclic) bond motifs is 1. The van der Waals surface area contributed by atoms with Crippen molar-refractivity contribution >= 4 is 23.2 Å². The molecule has 4 rings (SSSR count). The van der Waals surface area contributed by atoms with Crippen molar-refractivity contribution in [2.75, 3.05) is 0 Å². The Balaban J connectivity index is 1.47. The maximum Gasteiger partial charge on any atom is 0.339 e. The van der Waals surface area contributed by atoms with Gasteiger partial charge in [0, 0.05) is 10.4 Å². The third-order valence-electron chi connectivity index (χ3n) is 5.19. The summed E-state index contributed by atoms with van der Waals surface area (Å²) in [6.45, 7) is 0. The smallest absolute Gasteiger partial charge is 0.339 e. The van der Waals surface area contributed by atoms with E-state index in [-0.39, 0.29) is 24.3 Å². The average Bonchev–Trinajstić information content (AvgIpc) is 3.36. The van der Waals surface area contributed by atoms with Crippen LogP contribution in [-0.2, 0) is 9.53 Å². The van der Waals surface area contributed by atoms with Gasteiger partial charge in [-0.2, -0.15) is 0 Å². The third-order valence-corrected chi connectivity index (χ3v) is 6.14. The van der Waals surface area contributed by atoms with E-state index in [0.29, 0.717) is 11.5 Å². The normalized spacial score (nSPS) is 21.0. The van der Waals surface area contributed by atoms with Crippen LogP contribution in [0.15, 0.2) is 41.8 Å². The zero-order valence-electron chi connectivity index (χ0n) is 13.9. The highest BCUT2D eigenvalue weighted by Crippen LogP contribution is 2.38. The van der Waals surface area contributed by atoms with Crippen molar-refractivity contribution in [3.05, 3.63) is 57.8 Å². The lowest BCUT2D eigenvalue weighted by atomic mass is 9.96. The first kappa shape index (κ1) is 16.3. The summed E-state index contributed by atoms with van der Waals surface area (Å²) >= 11 is 1.69. The second kappa shape index (κ2) is 7.00. The number of carbonyl (C=O) groups excluding carboxylic acids is 2. The minimum atomic E-state index is -0.476. The summed E-state index contributed by atoms with van der Waals surface area (Å²) in [7, 11) is 0. The van der Waals surface area contributed by atoms with Crippen molar-refractivity contribution in [2.45, 2.75) is 44.2 Å². The molecule has 0 saturated heterocycles. The van der Waals surface area contributed by atoms with Gasteiger partial charge in [0.25, 0.3) is 0 Å². The van der Waals surface area contributed by atoms with E-state index in [4.69, 9.17) is 4.74 Å². The minimum Gasteiger partial charge on any atom is -0.453 e. The first-order valence-electron chi connectivity index (χ1n) is 8.85. The Morgan fingerprint density at radius 2 is 2.00 bits per heavy atom. The van der Waals surface area contributed by atoms with Crippen molar-refractivity contribution in [1.82, 2.24) is 5.32 Å². The van der Waals surface area contributed by atoms with Gasteiger partial charge in [0.2, 0.25) is 5.91 Å². The molecule has 1 saturated carbocycles. The zero-order valence-corrected chi connectivity index (χ0v) is 14.8. The van der Waals surface area contributed by atoms with Crippen LogP contribution in [0.4, 0.5) is 0 Å². The molecule has 0 bridgehead atoms. The van der Waals surface area contributed by atoms with Crippen LogP contribution in [0.5, 0.6) is 0 Å². The van der Waals surface area contributed by atoms with Gasteiger partial charge < -0.3 is 10.1 Å². The summed E-state index contributed by atoms with van der Waals surface area (Å²) in [5.74, 6) is 0.111. The number of carbonyl (C=O) groups is 2. The van der Waals surface area contributed by atoms with Crippen LogP contribution in [0.25, 0.3) is 0 Å². The second-order valence-corrected chi connectivity index (χ2v) is 7.77. The number of cyclic esters (lactones) is 1. The number of esters is 1. The number of nitrogens with one attached hydrogen (secondary N) is 1. The fourth-order valence-electron chi connectivity index (χ4n) is 3.95. The zero-order chi connectivity index (χ0) is 17.2. The molecule has 25 heavy (non-hydrogen) atoms. The molecule has 2 atom stereocenters. The van der Waals surface area contributed by atoms with Crippen LogP contribution in [0.1, 0.15) is 65.0 Å². The Bertz CT molecular complexity index is 765. The maximum absolute atomic E-state index is 12.7. The number of hydrogen-bond donors (Lipinski definition) is 1. The Morgan fingerprint density at radius 3 is 2.76 bits per heavy atom. The summed E-state index contributed by atoms with van der Waals surface area (Å²) in [5.41, 5.74) is 1.39. The second-order valence-electron chi connectivity index (χ2n) is 6.79. The van der Waals surface area contributed by atoms with Gasteiger partial charge in [0.05, 0.1) is 18.0 Å². The van der Waals surface area contributed by atoms with Crippen molar-refractivity contribution in [3.8, 4) is 0 Å². The van der Waals surface area contributed by atoms with Gasteiger partial charge in [0.15, 0.2) is 0 Å². The van der Waals surface area contributed by atoms with E-state index in [1.165, 1.54) is 17.7 Å². The SMILES string of the molecule is O=C(C[C@H]1OC(=O)c2ccccc21)N[C@@H](c1cccs1)C1CCCC1. The van der Waals surface area contributed by atoms with Crippen LogP contribution in [-0.4, -0.2) is 11.9 Å². The van der Waals surface area contributed by atoms with E-state index in [1.54, 1.807) is 17.4 Å². The summed E-state index contributed by atoms with van der Waals surface area (Å²) in [4.78, 5) is 25.8. The highest BCUT2D eigenvalue weighted by molar-refractivity contribution is 7.10. The molecular weight excluding hydrogens is 334 g/mol. The molecule has 2 aliphatic rings. The molecule has 1 amide bonds. The third kappa shape index (κ3) is 3.33. The quantitative estimate of drug-likeness (QED) is 0.809. The fraction of sp³-hybridized carbons (Fsp3) is 0.400. The van der Waals surface area contributed by atoms with Gasteiger partial charge in [-0.1, -0.05) is 37.1 Å². The molecule has 5 heteroatoms. The molecule has 1 aliphatic carbocycles. The average molecular weight is 355 g/mol. The summed E-state index contributed by atoms with van der Waals surface area (Å²) in [6, 6.07) is 11.5. The molecule has 1 fully saturated rings. The van der Waals surface area contributed by atoms with Gasteiger partial charge in [-0.05, 0) is 36.3 Å². The van der Waals surface area contributed by atoms with Crippen molar-refractivity contribution in [1.29, 1.82) is 0 Å². The van der Waals surface area contributed by atoms with Crippen LogP contribution >= 0.6 is 11.3 Å². The summed E-state index contributed by atoms with van der Waals surface area (Å²) in [6.07, 6.45) is 4.48. The van der Waals surface area contributed by atoms with Gasteiger partial charge in [-0.25, -0.2) is 4.79 Å². The van der Waals surface area contributed by atoms with Crippen LogP contribution < -0.4 is 5.32 Å². The number of thiophene rings is 1. The first-order valence-corrected chi connectivity index (χ1v) is 9.73. The molecule has 130 valence electrons. The molecule has 1 aliphatic heterocycles. The van der Waals surface area contributed by atoms with Crippen molar-refractivity contribution < 1.29 is 14.3 Å². The van der Waals surface area contributed by atoms with E-state index in [2.05, 4.69) is 16.8 Å². The fourth-order valence-corrected chi connectivity index (χ4v) is 4.82. The number of ether oxygens (including phenoxy) is 1. The molecule has 1 N–H and O–H groups in total. The molecule has 1 aromatic carbocycles. The largest absolute Gasteiger partial charge is 0.453 e. The molecular formula is C20H21NO3S. The van der Waals surface area contributed by atoms with E-state index in [0.717, 1.165) is 18.4 Å². The topological polar surface area (TPSA) is 55.4 Å².